The van der Waals surface area contributed by atoms with Crippen molar-refractivity contribution >= 4 is 40.1 Å². The smallest absolute Gasteiger partial charge is 0.347 e. The topological polar surface area (TPSA) is 55.8 Å². The molecule has 0 aliphatic carbocycles. The van der Waals surface area contributed by atoms with Gasteiger partial charge in [0.1, 0.15) is 0 Å². The van der Waals surface area contributed by atoms with E-state index < -0.39 is 11.9 Å². The highest BCUT2D eigenvalue weighted by atomic mass is 127. The predicted molar refractivity (Wildman–Crippen MR) is 119 cm³/mol. The van der Waals surface area contributed by atoms with E-state index >= 15 is 0 Å². The van der Waals surface area contributed by atoms with Crippen molar-refractivity contribution in [2.75, 3.05) is 27.3 Å². The summed E-state index contributed by atoms with van der Waals surface area (Å²) in [4.78, 5) is 27.3. The lowest BCUT2D eigenvalue weighted by molar-refractivity contribution is -0.144. The van der Waals surface area contributed by atoms with Gasteiger partial charge in [0.25, 0.3) is 0 Å². The first-order valence-corrected chi connectivity index (χ1v) is 10.4. The summed E-state index contributed by atoms with van der Waals surface area (Å²) in [6.45, 7) is 7.96. The number of rotatable bonds is 5. The first-order chi connectivity index (χ1) is 13.2. The van der Waals surface area contributed by atoms with Crippen LogP contribution in [0.4, 0.5) is 0 Å². The lowest BCUT2D eigenvalue weighted by Crippen LogP contribution is -2.28. The van der Waals surface area contributed by atoms with Gasteiger partial charge >= 0.3 is 11.9 Å². The van der Waals surface area contributed by atoms with Crippen LogP contribution in [0.1, 0.15) is 39.2 Å². The summed E-state index contributed by atoms with van der Waals surface area (Å²) in [5.74, 6) is -1.35. The number of hydrogen-bond donors (Lipinski definition) is 0. The van der Waals surface area contributed by atoms with Crippen molar-refractivity contribution < 1.29 is 19.1 Å². The van der Waals surface area contributed by atoms with Gasteiger partial charge in [-0.25, -0.2) is 9.59 Å². The molecule has 1 heterocycles. The van der Waals surface area contributed by atoms with Crippen LogP contribution in [-0.2, 0) is 19.1 Å². The molecule has 1 aliphatic heterocycles. The molecule has 0 spiro atoms. The van der Waals surface area contributed by atoms with Crippen LogP contribution in [0.25, 0.3) is 5.57 Å². The van der Waals surface area contributed by atoms with E-state index in [-0.39, 0.29) is 11.0 Å². The van der Waals surface area contributed by atoms with Crippen molar-refractivity contribution in [3.8, 4) is 0 Å². The summed E-state index contributed by atoms with van der Waals surface area (Å²) in [5, 5.41) is 0. The Labute approximate surface area is 180 Å². The van der Waals surface area contributed by atoms with Crippen LogP contribution >= 0.6 is 22.6 Å². The number of hydrogen-bond acceptors (Lipinski definition) is 5. The molecule has 6 heteroatoms. The molecular weight excluding hydrogens is 469 g/mol. The van der Waals surface area contributed by atoms with Crippen LogP contribution in [0.2, 0.25) is 0 Å². The zero-order valence-electron chi connectivity index (χ0n) is 17.2. The highest BCUT2D eigenvalue weighted by Gasteiger charge is 2.34. The highest BCUT2D eigenvalue weighted by molar-refractivity contribution is 14.1. The average Bonchev–Trinajstić information content (AvgIpc) is 3.18. The second-order valence-corrected chi connectivity index (χ2v) is 8.78. The number of halogens is 1. The fourth-order valence-electron chi connectivity index (χ4n) is 3.44. The van der Waals surface area contributed by atoms with Gasteiger partial charge in [0, 0.05) is 16.7 Å². The first-order valence-electron chi connectivity index (χ1n) is 9.34. The molecule has 5 nitrogen and oxygen atoms in total. The SMILES string of the molecule is COC(=O)C(C(=O)OC)=C(/C(I)=C(/c1ccccc1)C(C)(C)C)N1CCCC1. The molecule has 1 aliphatic rings. The van der Waals surface area contributed by atoms with Crippen LogP contribution < -0.4 is 0 Å². The maximum atomic E-state index is 12.6. The van der Waals surface area contributed by atoms with E-state index in [0.717, 1.165) is 40.6 Å². The van der Waals surface area contributed by atoms with Crippen molar-refractivity contribution in [2.24, 2.45) is 5.41 Å². The molecule has 0 atom stereocenters. The van der Waals surface area contributed by atoms with E-state index in [1.165, 1.54) is 14.2 Å². The molecule has 1 aromatic rings. The maximum absolute atomic E-state index is 12.6. The van der Waals surface area contributed by atoms with Crippen molar-refractivity contribution in [3.63, 3.8) is 0 Å². The zero-order chi connectivity index (χ0) is 20.9. The molecule has 1 aromatic carbocycles. The monoisotopic (exact) mass is 497 g/mol. The molecule has 2 rings (SSSR count). The largest absolute Gasteiger partial charge is 0.465 e. The Hall–Kier alpha value is -1.83. The van der Waals surface area contributed by atoms with Gasteiger partial charge in [0.2, 0.25) is 0 Å². The minimum atomic E-state index is -0.677. The summed E-state index contributed by atoms with van der Waals surface area (Å²) < 4.78 is 10.8. The third-order valence-corrected chi connectivity index (χ3v) is 5.73. The molecule has 0 radical (unpaired) electrons. The molecule has 0 amide bonds. The number of methoxy groups -OCH3 is 2. The fourth-order valence-corrected chi connectivity index (χ4v) is 5.17. The second kappa shape index (κ2) is 9.58. The Morgan fingerprint density at radius 1 is 0.964 bits per heavy atom. The number of allylic oxidation sites excluding steroid dienone is 2. The number of likely N-dealkylation sites (tertiary alicyclic amines) is 1. The van der Waals surface area contributed by atoms with Crippen LogP contribution in [0, 0.1) is 5.41 Å². The normalized spacial score (nSPS) is 15.0. The van der Waals surface area contributed by atoms with Crippen LogP contribution in [-0.4, -0.2) is 44.1 Å². The molecule has 1 saturated heterocycles. The number of benzene rings is 1. The van der Waals surface area contributed by atoms with Crippen molar-refractivity contribution in [2.45, 2.75) is 33.6 Å². The first kappa shape index (κ1) is 22.5. The van der Waals surface area contributed by atoms with Crippen LogP contribution in [0.15, 0.2) is 45.2 Å². The minimum absolute atomic E-state index is 0.0472. The van der Waals surface area contributed by atoms with E-state index in [1.807, 2.05) is 18.2 Å². The van der Waals surface area contributed by atoms with Crippen molar-refractivity contribution in [1.82, 2.24) is 4.90 Å². The van der Waals surface area contributed by atoms with Crippen molar-refractivity contribution in [1.29, 1.82) is 0 Å². The van der Waals surface area contributed by atoms with E-state index in [1.54, 1.807) is 0 Å². The molecule has 0 unspecified atom stereocenters. The highest BCUT2D eigenvalue weighted by Crippen LogP contribution is 2.43. The van der Waals surface area contributed by atoms with Gasteiger partial charge in [-0.15, -0.1) is 0 Å². The average molecular weight is 497 g/mol. The Kier molecular flexibility index (Phi) is 7.69. The van der Waals surface area contributed by atoms with E-state index in [0.29, 0.717) is 5.70 Å². The summed E-state index contributed by atoms with van der Waals surface area (Å²) in [6.07, 6.45) is 2.03. The van der Waals surface area contributed by atoms with Crippen LogP contribution in [0.3, 0.4) is 0 Å². The fraction of sp³-hybridized carbons (Fsp3) is 0.455. The molecular formula is C22H28INO4. The van der Waals surface area contributed by atoms with Gasteiger partial charge in [-0.05, 0) is 52.0 Å². The lowest BCUT2D eigenvalue weighted by Gasteiger charge is -2.30. The minimum Gasteiger partial charge on any atom is -0.465 e. The molecule has 1 fully saturated rings. The number of ether oxygens (including phenoxy) is 2. The summed E-state index contributed by atoms with van der Waals surface area (Å²) >= 11 is 2.26. The van der Waals surface area contributed by atoms with Crippen LogP contribution in [0.5, 0.6) is 0 Å². The Bertz CT molecular complexity index is 767. The maximum Gasteiger partial charge on any atom is 0.347 e. The number of carbonyl (C=O) groups excluding carboxylic acids is 2. The van der Waals surface area contributed by atoms with Crippen molar-refractivity contribution in [3.05, 3.63) is 50.7 Å². The van der Waals surface area contributed by atoms with Gasteiger partial charge in [-0.1, -0.05) is 51.1 Å². The quantitative estimate of drug-likeness (QED) is 0.149. The van der Waals surface area contributed by atoms with Gasteiger partial charge in [-0.2, -0.15) is 0 Å². The van der Waals surface area contributed by atoms with Gasteiger partial charge in [-0.3, -0.25) is 0 Å². The lowest BCUT2D eigenvalue weighted by atomic mass is 9.81. The summed E-state index contributed by atoms with van der Waals surface area (Å²) in [6, 6.07) is 10.1. The molecule has 0 aromatic heterocycles. The Balaban J connectivity index is 2.87. The van der Waals surface area contributed by atoms with Gasteiger partial charge in [0.05, 0.1) is 19.9 Å². The number of carbonyl (C=O) groups is 2. The zero-order valence-corrected chi connectivity index (χ0v) is 19.3. The molecule has 0 bridgehead atoms. The van der Waals surface area contributed by atoms with E-state index in [9.17, 15) is 9.59 Å². The summed E-state index contributed by atoms with van der Waals surface area (Å²) in [5.41, 5.74) is 2.48. The van der Waals surface area contributed by atoms with E-state index in [4.69, 9.17) is 9.47 Å². The molecule has 152 valence electrons. The Morgan fingerprint density at radius 3 is 1.89 bits per heavy atom. The second-order valence-electron chi connectivity index (χ2n) is 7.71. The van der Waals surface area contributed by atoms with Gasteiger partial charge in [0.15, 0.2) is 5.57 Å². The molecule has 28 heavy (non-hydrogen) atoms. The number of esters is 2. The molecule has 0 N–H and O–H groups in total. The van der Waals surface area contributed by atoms with E-state index in [2.05, 4.69) is 60.4 Å². The number of nitrogens with zero attached hydrogens (tertiary/aromatic N) is 1. The molecule has 0 saturated carbocycles. The Morgan fingerprint density at radius 2 is 1.46 bits per heavy atom. The third-order valence-electron chi connectivity index (χ3n) is 4.68. The summed E-state index contributed by atoms with van der Waals surface area (Å²) in [7, 11) is 2.57. The van der Waals surface area contributed by atoms with Gasteiger partial charge < -0.3 is 14.4 Å². The third kappa shape index (κ3) is 4.96. The predicted octanol–water partition coefficient (Wildman–Crippen LogP) is 4.57. The standard InChI is InChI=1S/C22H28INO4/c1-22(2,3)17(15-11-7-6-8-12-15)18(23)19(24-13-9-10-14-24)16(20(25)27-4)21(26)28-5/h6-8,11-12H,9-10,13-14H2,1-5H3/b18-17+.